The molecule has 0 unspecified atom stereocenters. The number of para-hydroxylation sites is 1. The van der Waals surface area contributed by atoms with E-state index in [0.717, 1.165) is 17.8 Å². The molecule has 0 saturated heterocycles. The average molecular weight is 445 g/mol. The summed E-state index contributed by atoms with van der Waals surface area (Å²) >= 11 is 0. The molecular formula is C23H22F3N3O3. The Bertz CT molecular complexity index is 1080. The topological polar surface area (TPSA) is 64.4 Å². The number of alkyl halides is 3. The molecule has 0 aliphatic heterocycles. The molecule has 0 saturated carbocycles. The summed E-state index contributed by atoms with van der Waals surface area (Å²) in [6.45, 7) is 3.15. The molecular weight excluding hydrogens is 423 g/mol. The molecule has 3 rings (SSSR count). The summed E-state index contributed by atoms with van der Waals surface area (Å²) in [5.41, 5.74) is 1.24. The zero-order valence-corrected chi connectivity index (χ0v) is 17.6. The smallest absolute Gasteiger partial charge is 0.416 e. The van der Waals surface area contributed by atoms with Crippen LogP contribution in [-0.2, 0) is 22.3 Å². The van der Waals surface area contributed by atoms with Crippen LogP contribution in [0, 0.1) is 6.92 Å². The van der Waals surface area contributed by atoms with Gasteiger partial charge in [-0.3, -0.25) is 9.59 Å². The number of aromatic nitrogens is 2. The summed E-state index contributed by atoms with van der Waals surface area (Å²) in [7, 11) is 0. The fraction of sp³-hybridized carbons (Fsp3) is 0.261. The predicted molar refractivity (Wildman–Crippen MR) is 111 cm³/mol. The molecule has 1 amide bonds. The van der Waals surface area contributed by atoms with E-state index in [1.165, 1.54) is 17.0 Å². The number of hydrogen-bond donors (Lipinski definition) is 0. The van der Waals surface area contributed by atoms with E-state index in [0.29, 0.717) is 11.3 Å². The highest BCUT2D eigenvalue weighted by Gasteiger charge is 2.30. The lowest BCUT2D eigenvalue weighted by Gasteiger charge is -2.21. The van der Waals surface area contributed by atoms with Crippen LogP contribution in [0.3, 0.4) is 0 Å². The maximum Gasteiger partial charge on any atom is 0.416 e. The summed E-state index contributed by atoms with van der Waals surface area (Å²) < 4.78 is 45.1. The number of amides is 1. The van der Waals surface area contributed by atoms with Crippen molar-refractivity contribution in [1.29, 1.82) is 0 Å². The Labute approximate surface area is 183 Å². The third kappa shape index (κ3) is 5.54. The van der Waals surface area contributed by atoms with E-state index in [1.54, 1.807) is 24.6 Å². The van der Waals surface area contributed by atoms with Crippen LogP contribution in [0.25, 0.3) is 5.69 Å². The minimum atomic E-state index is -4.46. The van der Waals surface area contributed by atoms with Crippen molar-refractivity contribution in [2.24, 2.45) is 0 Å². The first-order chi connectivity index (χ1) is 15.2. The van der Waals surface area contributed by atoms with E-state index in [2.05, 4.69) is 5.10 Å². The Kier molecular flexibility index (Phi) is 6.97. The summed E-state index contributed by atoms with van der Waals surface area (Å²) in [5, 5.41) is 4.37. The van der Waals surface area contributed by atoms with E-state index in [-0.39, 0.29) is 25.4 Å². The Morgan fingerprint density at radius 2 is 1.72 bits per heavy atom. The molecule has 0 bridgehead atoms. The fourth-order valence-electron chi connectivity index (χ4n) is 3.15. The molecule has 1 heterocycles. The minimum Gasteiger partial charge on any atom is -0.465 e. The molecule has 0 atom stereocenters. The average Bonchev–Trinajstić information content (AvgIpc) is 3.15. The second-order valence-electron chi connectivity index (χ2n) is 7.08. The van der Waals surface area contributed by atoms with Crippen molar-refractivity contribution in [3.8, 4) is 5.69 Å². The first kappa shape index (κ1) is 23.1. The maximum atomic E-state index is 13.2. The van der Waals surface area contributed by atoms with Gasteiger partial charge in [0, 0.05) is 12.2 Å². The first-order valence-corrected chi connectivity index (χ1v) is 9.92. The Morgan fingerprint density at radius 3 is 2.31 bits per heavy atom. The lowest BCUT2D eigenvalue weighted by Crippen LogP contribution is -2.36. The molecule has 0 aliphatic carbocycles. The number of hydrogen-bond acceptors (Lipinski definition) is 4. The number of carbonyl (C=O) groups excluding carboxylic acids is 2. The van der Waals surface area contributed by atoms with Crippen LogP contribution < -0.4 is 0 Å². The molecule has 32 heavy (non-hydrogen) atoms. The van der Waals surface area contributed by atoms with E-state index < -0.39 is 23.6 Å². The van der Waals surface area contributed by atoms with Gasteiger partial charge in [0.2, 0.25) is 0 Å². The number of halogens is 3. The van der Waals surface area contributed by atoms with Gasteiger partial charge in [0.15, 0.2) is 5.69 Å². The quantitative estimate of drug-likeness (QED) is 0.506. The third-order valence-corrected chi connectivity index (χ3v) is 4.67. The van der Waals surface area contributed by atoms with Gasteiger partial charge < -0.3 is 9.64 Å². The molecule has 168 valence electrons. The van der Waals surface area contributed by atoms with Crippen molar-refractivity contribution in [2.75, 3.05) is 13.2 Å². The molecule has 6 nitrogen and oxygen atoms in total. The van der Waals surface area contributed by atoms with Gasteiger partial charge in [-0.1, -0.05) is 30.3 Å². The van der Waals surface area contributed by atoms with Crippen LogP contribution in [0.4, 0.5) is 13.2 Å². The van der Waals surface area contributed by atoms with Crippen LogP contribution in [0.1, 0.15) is 34.2 Å². The second-order valence-corrected chi connectivity index (χ2v) is 7.08. The molecule has 2 aromatic carbocycles. The SMILES string of the molecule is CCOC(=O)CN(Cc1ccc(C(F)(F)F)cc1)C(=O)c1cc(C)n(-c2ccccc2)n1. The number of benzene rings is 2. The lowest BCUT2D eigenvalue weighted by molar-refractivity contribution is -0.144. The van der Waals surface area contributed by atoms with Crippen LogP contribution >= 0.6 is 0 Å². The number of nitrogens with zero attached hydrogens (tertiary/aromatic N) is 3. The number of carbonyl (C=O) groups is 2. The number of rotatable bonds is 7. The summed E-state index contributed by atoms with van der Waals surface area (Å²) in [4.78, 5) is 26.4. The Hall–Kier alpha value is -3.62. The van der Waals surface area contributed by atoms with Gasteiger partial charge in [-0.25, -0.2) is 4.68 Å². The molecule has 3 aromatic rings. The van der Waals surface area contributed by atoms with Crippen molar-refractivity contribution >= 4 is 11.9 Å². The van der Waals surface area contributed by atoms with Gasteiger partial charge in [-0.2, -0.15) is 18.3 Å². The molecule has 0 spiro atoms. The van der Waals surface area contributed by atoms with Gasteiger partial charge in [0.05, 0.1) is 17.9 Å². The number of esters is 1. The first-order valence-electron chi connectivity index (χ1n) is 9.92. The number of aryl methyl sites for hydroxylation is 1. The van der Waals surface area contributed by atoms with E-state index in [9.17, 15) is 22.8 Å². The minimum absolute atomic E-state index is 0.0764. The molecule has 0 N–H and O–H groups in total. The van der Waals surface area contributed by atoms with E-state index in [1.807, 2.05) is 30.3 Å². The largest absolute Gasteiger partial charge is 0.465 e. The van der Waals surface area contributed by atoms with Crippen LogP contribution in [0.15, 0.2) is 60.7 Å². The van der Waals surface area contributed by atoms with E-state index >= 15 is 0 Å². The highest BCUT2D eigenvalue weighted by Crippen LogP contribution is 2.29. The monoisotopic (exact) mass is 445 g/mol. The molecule has 9 heteroatoms. The highest BCUT2D eigenvalue weighted by molar-refractivity contribution is 5.94. The summed E-state index contributed by atoms with van der Waals surface area (Å²) in [5.74, 6) is -1.15. The zero-order valence-electron chi connectivity index (χ0n) is 17.6. The highest BCUT2D eigenvalue weighted by atomic mass is 19.4. The van der Waals surface area contributed by atoms with Crippen LogP contribution in [-0.4, -0.2) is 39.7 Å². The third-order valence-electron chi connectivity index (χ3n) is 4.67. The maximum absolute atomic E-state index is 13.2. The number of ether oxygens (including phenoxy) is 1. The zero-order chi connectivity index (χ0) is 23.3. The van der Waals surface area contributed by atoms with Gasteiger partial charge in [0.1, 0.15) is 6.54 Å². The van der Waals surface area contributed by atoms with Crippen molar-refractivity contribution < 1.29 is 27.5 Å². The molecule has 1 aromatic heterocycles. The molecule has 0 fully saturated rings. The van der Waals surface area contributed by atoms with Gasteiger partial charge in [-0.15, -0.1) is 0 Å². The normalized spacial score (nSPS) is 11.3. The van der Waals surface area contributed by atoms with Gasteiger partial charge >= 0.3 is 12.1 Å². The fourth-order valence-corrected chi connectivity index (χ4v) is 3.15. The molecule has 0 aliphatic rings. The van der Waals surface area contributed by atoms with Crippen LogP contribution in [0.2, 0.25) is 0 Å². The van der Waals surface area contributed by atoms with Crippen LogP contribution in [0.5, 0.6) is 0 Å². The summed E-state index contributed by atoms with van der Waals surface area (Å²) in [6.07, 6.45) is -4.46. The van der Waals surface area contributed by atoms with Crippen molar-refractivity contribution in [3.05, 3.63) is 83.2 Å². The summed E-state index contributed by atoms with van der Waals surface area (Å²) in [6, 6.07) is 15.3. The Balaban J connectivity index is 1.87. The van der Waals surface area contributed by atoms with Crippen molar-refractivity contribution in [3.63, 3.8) is 0 Å². The van der Waals surface area contributed by atoms with Crippen molar-refractivity contribution in [2.45, 2.75) is 26.6 Å². The predicted octanol–water partition coefficient (Wildman–Crippen LogP) is 4.41. The standard InChI is InChI=1S/C23H22F3N3O3/c1-3-32-21(30)15-28(14-17-9-11-18(12-10-17)23(24,25)26)22(31)20-13-16(2)29(27-20)19-7-5-4-6-8-19/h4-13H,3,14-15H2,1-2H3. The van der Waals surface area contributed by atoms with Gasteiger partial charge in [-0.05, 0) is 49.7 Å². The lowest BCUT2D eigenvalue weighted by atomic mass is 10.1. The second kappa shape index (κ2) is 9.67. The van der Waals surface area contributed by atoms with Crippen molar-refractivity contribution in [1.82, 2.24) is 14.7 Å². The van der Waals surface area contributed by atoms with E-state index in [4.69, 9.17) is 4.74 Å². The molecule has 0 radical (unpaired) electrons. The van der Waals surface area contributed by atoms with Gasteiger partial charge in [0.25, 0.3) is 5.91 Å². The Morgan fingerprint density at radius 1 is 1.06 bits per heavy atom.